The lowest BCUT2D eigenvalue weighted by Crippen LogP contribution is -2.54. The summed E-state index contributed by atoms with van der Waals surface area (Å²) in [5, 5.41) is 22.6. The van der Waals surface area contributed by atoms with Crippen molar-refractivity contribution >= 4 is 46.9 Å². The number of nitrogens with zero attached hydrogens (tertiary/aromatic N) is 2. The number of carbonyl (C=O) groups excluding carboxylic acids is 3. The fourth-order valence-corrected chi connectivity index (χ4v) is 3.21. The Balaban J connectivity index is 2.13. The van der Waals surface area contributed by atoms with Gasteiger partial charge in [-0.3, -0.25) is 25.0 Å². The first kappa shape index (κ1) is 24.5. The largest absolute Gasteiger partial charge is 0.500 e. The highest BCUT2D eigenvalue weighted by molar-refractivity contribution is 6.42. The lowest BCUT2D eigenvalue weighted by molar-refractivity contribution is -0.386. The second-order valence-corrected chi connectivity index (χ2v) is 7.11. The first-order valence-corrected chi connectivity index (χ1v) is 9.65. The Kier molecular flexibility index (Phi) is 6.50. The van der Waals surface area contributed by atoms with Gasteiger partial charge in [0.25, 0.3) is 11.8 Å². The topological polar surface area (TPSA) is 139 Å². The quantitative estimate of drug-likeness (QED) is 0.274. The highest BCUT2D eigenvalue weighted by Gasteiger charge is 2.39. The lowest BCUT2D eigenvalue weighted by Gasteiger charge is -2.27. The lowest BCUT2D eigenvalue weighted by atomic mass is 10.0. The number of rotatable bonds is 5. The van der Waals surface area contributed by atoms with Crippen molar-refractivity contribution < 1.29 is 42.3 Å². The van der Waals surface area contributed by atoms with Crippen LogP contribution in [-0.2, 0) is 15.8 Å². The number of ether oxygens (including phenoxy) is 1. The number of halogens is 4. The number of nitro benzene ring substituents is 1. The van der Waals surface area contributed by atoms with Gasteiger partial charge in [0.15, 0.2) is 5.75 Å². The molecule has 34 heavy (non-hydrogen) atoms. The van der Waals surface area contributed by atoms with Gasteiger partial charge < -0.3 is 9.84 Å². The molecule has 0 atom stereocenters. The zero-order valence-electron chi connectivity index (χ0n) is 17.0. The minimum atomic E-state index is -4.82. The van der Waals surface area contributed by atoms with Crippen molar-refractivity contribution in [3.8, 4) is 11.5 Å². The van der Waals surface area contributed by atoms with Gasteiger partial charge in [-0.2, -0.15) is 13.2 Å². The molecule has 3 rings (SSSR count). The molecule has 0 aromatic heterocycles. The number of carbonyl (C=O) groups is 3. The number of anilines is 1. The van der Waals surface area contributed by atoms with Crippen molar-refractivity contribution in [2.24, 2.45) is 0 Å². The molecule has 0 spiro atoms. The van der Waals surface area contributed by atoms with E-state index in [2.05, 4.69) is 0 Å². The number of phenolic OH excluding ortho intramolecular Hbond substituents is 1. The Morgan fingerprint density at radius 2 is 1.91 bits per heavy atom. The highest BCUT2D eigenvalue weighted by Crippen LogP contribution is 2.39. The fraction of sp³-hybridized carbons (Fsp3) is 0.150. The Morgan fingerprint density at radius 3 is 2.50 bits per heavy atom. The number of imide groups is 2. The average molecular weight is 500 g/mol. The third kappa shape index (κ3) is 4.64. The molecule has 1 fully saturated rings. The summed E-state index contributed by atoms with van der Waals surface area (Å²) < 4.78 is 44.5. The maximum atomic E-state index is 13.1. The van der Waals surface area contributed by atoms with Crippen molar-refractivity contribution in [2.75, 3.05) is 11.5 Å². The van der Waals surface area contributed by atoms with E-state index < -0.39 is 57.2 Å². The van der Waals surface area contributed by atoms with Gasteiger partial charge in [0.05, 0.1) is 27.8 Å². The molecule has 14 heteroatoms. The van der Waals surface area contributed by atoms with Gasteiger partial charge in [-0.15, -0.1) is 0 Å². The number of phenols is 1. The normalized spacial score (nSPS) is 15.5. The molecule has 1 aliphatic rings. The van der Waals surface area contributed by atoms with E-state index in [4.69, 9.17) is 16.3 Å². The van der Waals surface area contributed by atoms with Crippen LogP contribution in [0.2, 0.25) is 5.02 Å². The first-order valence-electron chi connectivity index (χ1n) is 9.27. The number of nitro groups is 1. The Bertz CT molecular complexity index is 1260. The number of hydrogen-bond acceptors (Lipinski definition) is 7. The molecule has 2 N–H and O–H groups in total. The van der Waals surface area contributed by atoms with Gasteiger partial charge in [-0.25, -0.2) is 9.69 Å². The van der Waals surface area contributed by atoms with Crippen LogP contribution in [0.1, 0.15) is 18.1 Å². The summed E-state index contributed by atoms with van der Waals surface area (Å²) in [5.41, 5.74) is -3.52. The number of urea groups is 1. The molecule has 178 valence electrons. The monoisotopic (exact) mass is 499 g/mol. The van der Waals surface area contributed by atoms with E-state index in [0.717, 1.165) is 24.3 Å². The van der Waals surface area contributed by atoms with Gasteiger partial charge in [0, 0.05) is 6.07 Å². The Hall–Kier alpha value is -4.13. The van der Waals surface area contributed by atoms with Crippen LogP contribution in [0.25, 0.3) is 6.08 Å². The number of aromatic hydroxyl groups is 1. The molecular weight excluding hydrogens is 487 g/mol. The van der Waals surface area contributed by atoms with Crippen molar-refractivity contribution in [2.45, 2.75) is 13.1 Å². The van der Waals surface area contributed by atoms with Crippen LogP contribution in [0, 0.1) is 10.1 Å². The van der Waals surface area contributed by atoms with E-state index in [1.54, 1.807) is 0 Å². The number of benzene rings is 2. The van der Waals surface area contributed by atoms with Crippen LogP contribution in [0.3, 0.4) is 0 Å². The number of alkyl halides is 3. The van der Waals surface area contributed by atoms with Crippen LogP contribution >= 0.6 is 11.6 Å². The van der Waals surface area contributed by atoms with Crippen LogP contribution in [0.5, 0.6) is 11.5 Å². The molecular formula is C20H13ClF3N3O7. The molecule has 1 heterocycles. The summed E-state index contributed by atoms with van der Waals surface area (Å²) >= 11 is 5.92. The minimum Gasteiger partial charge on any atom is -0.500 e. The maximum absolute atomic E-state index is 13.1. The van der Waals surface area contributed by atoms with Crippen LogP contribution < -0.4 is 15.0 Å². The van der Waals surface area contributed by atoms with Gasteiger partial charge >= 0.3 is 17.9 Å². The second-order valence-electron chi connectivity index (χ2n) is 6.70. The molecule has 0 radical (unpaired) electrons. The van der Waals surface area contributed by atoms with Gasteiger partial charge in [-0.05, 0) is 42.8 Å². The summed E-state index contributed by atoms with van der Waals surface area (Å²) in [4.78, 5) is 48.2. The van der Waals surface area contributed by atoms with E-state index in [9.17, 15) is 42.8 Å². The predicted molar refractivity (Wildman–Crippen MR) is 111 cm³/mol. The smallest absolute Gasteiger partial charge is 0.416 e. The maximum Gasteiger partial charge on any atom is 0.416 e. The fourth-order valence-electron chi connectivity index (χ4n) is 3.01. The zero-order valence-corrected chi connectivity index (χ0v) is 17.7. The van der Waals surface area contributed by atoms with Gasteiger partial charge in [0.2, 0.25) is 5.75 Å². The first-order chi connectivity index (χ1) is 15.8. The van der Waals surface area contributed by atoms with Crippen molar-refractivity contribution in [3.05, 3.63) is 62.2 Å². The third-order valence-corrected chi connectivity index (χ3v) is 4.82. The molecule has 0 bridgehead atoms. The third-order valence-electron chi connectivity index (χ3n) is 4.50. The molecule has 0 saturated carbocycles. The van der Waals surface area contributed by atoms with Crippen molar-refractivity contribution in [3.63, 3.8) is 0 Å². The van der Waals surface area contributed by atoms with Crippen LogP contribution in [-0.4, -0.2) is 34.5 Å². The molecule has 4 amide bonds. The SMILES string of the molecule is CCOc1cc(C=C2C(=O)NC(=O)N(c3cc(C(F)(F)F)ccc3Cl)C2=O)cc([N+](=O)[O-])c1O. The number of amides is 4. The van der Waals surface area contributed by atoms with E-state index in [1.165, 1.54) is 6.92 Å². The Labute approximate surface area is 193 Å². The molecule has 0 unspecified atom stereocenters. The molecule has 0 aliphatic carbocycles. The molecule has 1 aliphatic heterocycles. The Morgan fingerprint density at radius 1 is 1.24 bits per heavy atom. The van der Waals surface area contributed by atoms with Crippen molar-refractivity contribution in [1.82, 2.24) is 5.32 Å². The zero-order chi connectivity index (χ0) is 25.4. The van der Waals surface area contributed by atoms with Crippen LogP contribution in [0.15, 0.2) is 35.9 Å². The van der Waals surface area contributed by atoms with Gasteiger partial charge in [-0.1, -0.05) is 11.6 Å². The summed E-state index contributed by atoms with van der Waals surface area (Å²) in [5.74, 6) is -3.64. The summed E-state index contributed by atoms with van der Waals surface area (Å²) in [6, 6.07) is 2.52. The van der Waals surface area contributed by atoms with Crippen LogP contribution in [0.4, 0.5) is 29.3 Å². The van der Waals surface area contributed by atoms with E-state index >= 15 is 0 Å². The van der Waals surface area contributed by atoms with E-state index in [-0.39, 0.29) is 27.8 Å². The average Bonchev–Trinajstić information content (AvgIpc) is 2.73. The summed E-state index contributed by atoms with van der Waals surface area (Å²) in [7, 11) is 0. The standard InChI is InChI=1S/C20H13ClF3N3O7/c1-2-34-15-7-9(6-14(16(15)28)27(32)33)5-11-17(29)25-19(31)26(18(11)30)13-8-10(20(22,23)24)3-4-12(13)21/h3-8,28H,2H2,1H3,(H,25,29,31). The number of hydrogen-bond donors (Lipinski definition) is 2. The summed E-state index contributed by atoms with van der Waals surface area (Å²) in [6.07, 6.45) is -3.96. The van der Waals surface area contributed by atoms with Gasteiger partial charge in [0.1, 0.15) is 5.57 Å². The number of nitrogens with one attached hydrogen (secondary N) is 1. The van der Waals surface area contributed by atoms with Crippen molar-refractivity contribution in [1.29, 1.82) is 0 Å². The minimum absolute atomic E-state index is 0.0144. The predicted octanol–water partition coefficient (Wildman–Crippen LogP) is 4.04. The van der Waals surface area contributed by atoms with E-state index in [1.807, 2.05) is 5.32 Å². The summed E-state index contributed by atoms with van der Waals surface area (Å²) in [6.45, 7) is 1.55. The molecule has 10 nitrogen and oxygen atoms in total. The molecule has 2 aromatic carbocycles. The second kappa shape index (κ2) is 9.02. The molecule has 2 aromatic rings. The van der Waals surface area contributed by atoms with E-state index in [0.29, 0.717) is 12.1 Å². The highest BCUT2D eigenvalue weighted by atomic mass is 35.5. The molecule has 1 saturated heterocycles. The number of barbiturate groups is 1.